The SMILES string of the molecule is CCc1noc(C)c1C(=O)N1[C@@H]2CC[C@H]1[C@@](CCC(C)C)(C(=O)NC1CCC1)C2. The lowest BCUT2D eigenvalue weighted by Crippen LogP contribution is -2.53. The van der Waals surface area contributed by atoms with Crippen LogP contribution in [-0.2, 0) is 11.2 Å². The van der Waals surface area contributed by atoms with Crippen molar-refractivity contribution in [3.63, 3.8) is 0 Å². The number of aryl methyl sites for hydroxylation is 2. The Morgan fingerprint density at radius 2 is 2.03 bits per heavy atom. The first-order valence-corrected chi connectivity index (χ1v) is 11.5. The fourth-order valence-corrected chi connectivity index (χ4v) is 5.61. The van der Waals surface area contributed by atoms with Crippen molar-refractivity contribution in [1.29, 1.82) is 0 Å². The van der Waals surface area contributed by atoms with Gasteiger partial charge in [0, 0.05) is 18.1 Å². The molecule has 1 aromatic heterocycles. The minimum absolute atomic E-state index is 0.0102. The number of nitrogens with one attached hydrogen (secondary N) is 1. The van der Waals surface area contributed by atoms with E-state index in [1.807, 2.05) is 18.7 Å². The van der Waals surface area contributed by atoms with Crippen LogP contribution < -0.4 is 5.32 Å². The number of nitrogens with zero attached hydrogens (tertiary/aromatic N) is 2. The fourth-order valence-electron chi connectivity index (χ4n) is 5.61. The monoisotopic (exact) mass is 401 g/mol. The molecule has 3 atom stereocenters. The summed E-state index contributed by atoms with van der Waals surface area (Å²) in [7, 11) is 0. The summed E-state index contributed by atoms with van der Waals surface area (Å²) in [6.45, 7) is 8.22. The summed E-state index contributed by atoms with van der Waals surface area (Å²) in [6, 6.07) is 0.456. The van der Waals surface area contributed by atoms with Crippen molar-refractivity contribution in [1.82, 2.24) is 15.4 Å². The van der Waals surface area contributed by atoms with Gasteiger partial charge < -0.3 is 14.7 Å². The zero-order valence-electron chi connectivity index (χ0n) is 18.3. The van der Waals surface area contributed by atoms with Crippen LogP contribution in [0.4, 0.5) is 0 Å². The van der Waals surface area contributed by atoms with Crippen molar-refractivity contribution in [3.05, 3.63) is 17.0 Å². The molecule has 1 saturated carbocycles. The second-order valence-electron chi connectivity index (χ2n) is 9.77. The Labute approximate surface area is 173 Å². The molecule has 2 saturated heterocycles. The molecule has 2 aliphatic heterocycles. The number of hydrogen-bond donors (Lipinski definition) is 1. The van der Waals surface area contributed by atoms with E-state index in [2.05, 4.69) is 24.3 Å². The van der Waals surface area contributed by atoms with E-state index in [4.69, 9.17) is 4.52 Å². The highest BCUT2D eigenvalue weighted by atomic mass is 16.5. The summed E-state index contributed by atoms with van der Waals surface area (Å²) in [5, 5.41) is 7.41. The predicted octanol–water partition coefficient (Wildman–Crippen LogP) is 4.01. The van der Waals surface area contributed by atoms with E-state index in [0.29, 0.717) is 29.7 Å². The summed E-state index contributed by atoms with van der Waals surface area (Å²) < 4.78 is 5.33. The number of fused-ring (bicyclic) bond motifs is 2. The van der Waals surface area contributed by atoms with Gasteiger partial charge in [0.25, 0.3) is 5.91 Å². The molecule has 2 bridgehead atoms. The Morgan fingerprint density at radius 1 is 1.28 bits per heavy atom. The molecule has 0 radical (unpaired) electrons. The van der Waals surface area contributed by atoms with Gasteiger partial charge in [0.2, 0.25) is 5.91 Å². The summed E-state index contributed by atoms with van der Waals surface area (Å²) >= 11 is 0. The molecule has 0 unspecified atom stereocenters. The third-order valence-electron chi connectivity index (χ3n) is 7.52. The van der Waals surface area contributed by atoms with Crippen molar-refractivity contribution in [2.24, 2.45) is 11.3 Å². The van der Waals surface area contributed by atoms with Crippen LogP contribution in [0.15, 0.2) is 4.52 Å². The maximum Gasteiger partial charge on any atom is 0.259 e. The van der Waals surface area contributed by atoms with Crippen LogP contribution in [0, 0.1) is 18.3 Å². The van der Waals surface area contributed by atoms with Gasteiger partial charge in [-0.1, -0.05) is 25.9 Å². The number of rotatable bonds is 7. The molecule has 3 fully saturated rings. The van der Waals surface area contributed by atoms with E-state index in [0.717, 1.165) is 50.6 Å². The molecule has 160 valence electrons. The lowest BCUT2D eigenvalue weighted by Gasteiger charge is -2.39. The molecular weight excluding hydrogens is 366 g/mol. The van der Waals surface area contributed by atoms with Crippen LogP contribution in [0.2, 0.25) is 0 Å². The number of carbonyl (C=O) groups is 2. The third kappa shape index (κ3) is 3.38. The molecule has 1 aromatic rings. The topological polar surface area (TPSA) is 75.4 Å². The van der Waals surface area contributed by atoms with E-state index >= 15 is 0 Å². The molecule has 6 heteroatoms. The largest absolute Gasteiger partial charge is 0.361 e. The summed E-state index contributed by atoms with van der Waals surface area (Å²) in [5.74, 6) is 1.32. The highest BCUT2D eigenvalue weighted by Crippen LogP contribution is 2.53. The Morgan fingerprint density at radius 3 is 2.66 bits per heavy atom. The molecule has 3 heterocycles. The average molecular weight is 402 g/mol. The van der Waals surface area contributed by atoms with E-state index in [9.17, 15) is 9.59 Å². The lowest BCUT2D eigenvalue weighted by atomic mass is 9.69. The second kappa shape index (κ2) is 7.77. The van der Waals surface area contributed by atoms with E-state index in [1.54, 1.807) is 0 Å². The lowest BCUT2D eigenvalue weighted by molar-refractivity contribution is -0.134. The fraction of sp³-hybridized carbons (Fsp3) is 0.783. The first-order valence-electron chi connectivity index (χ1n) is 11.5. The summed E-state index contributed by atoms with van der Waals surface area (Å²) in [6.07, 6.45) is 8.61. The molecule has 4 rings (SSSR count). The van der Waals surface area contributed by atoms with Crippen molar-refractivity contribution in [2.75, 3.05) is 0 Å². The van der Waals surface area contributed by atoms with Gasteiger partial charge in [-0.3, -0.25) is 9.59 Å². The Bertz CT molecular complexity index is 782. The quantitative estimate of drug-likeness (QED) is 0.749. The smallest absolute Gasteiger partial charge is 0.259 e. The van der Waals surface area contributed by atoms with Crippen molar-refractivity contribution in [3.8, 4) is 0 Å². The second-order valence-corrected chi connectivity index (χ2v) is 9.77. The van der Waals surface area contributed by atoms with E-state index in [-0.39, 0.29) is 23.9 Å². The summed E-state index contributed by atoms with van der Waals surface area (Å²) in [5.41, 5.74) is 0.893. The van der Waals surface area contributed by atoms with E-state index in [1.165, 1.54) is 6.42 Å². The van der Waals surface area contributed by atoms with Crippen LogP contribution in [0.3, 0.4) is 0 Å². The van der Waals surface area contributed by atoms with Gasteiger partial charge in [0.05, 0.1) is 11.1 Å². The van der Waals surface area contributed by atoms with Gasteiger partial charge in [0.1, 0.15) is 11.3 Å². The minimum atomic E-state index is -0.449. The molecule has 1 N–H and O–H groups in total. The molecule has 0 spiro atoms. The number of amides is 2. The molecule has 0 aromatic carbocycles. The number of carbonyl (C=O) groups excluding carboxylic acids is 2. The van der Waals surface area contributed by atoms with Gasteiger partial charge in [-0.15, -0.1) is 0 Å². The van der Waals surface area contributed by atoms with Crippen LogP contribution in [0.1, 0.15) is 93.9 Å². The molecule has 6 nitrogen and oxygen atoms in total. The van der Waals surface area contributed by atoms with Crippen LogP contribution in [0.5, 0.6) is 0 Å². The molecular formula is C23H35N3O3. The Kier molecular flexibility index (Phi) is 5.47. The van der Waals surface area contributed by atoms with Crippen molar-refractivity contribution < 1.29 is 14.1 Å². The predicted molar refractivity (Wildman–Crippen MR) is 111 cm³/mol. The Hall–Kier alpha value is -1.85. The molecule has 29 heavy (non-hydrogen) atoms. The van der Waals surface area contributed by atoms with Crippen LogP contribution in [-0.4, -0.2) is 40.0 Å². The Balaban J connectivity index is 1.63. The standard InChI is InChI=1S/C23H35N3O3/c1-5-18-20(15(4)29-25-18)21(27)26-17-9-10-19(26)23(13-17,12-11-14(2)3)22(28)24-16-7-6-8-16/h14,16-17,19H,5-13H2,1-4H3,(H,24,28)/t17-,19+,23+/m1/s1. The third-order valence-corrected chi connectivity index (χ3v) is 7.52. The van der Waals surface area contributed by atoms with Crippen molar-refractivity contribution in [2.45, 2.75) is 104 Å². The minimum Gasteiger partial charge on any atom is -0.361 e. The van der Waals surface area contributed by atoms with Gasteiger partial charge >= 0.3 is 0 Å². The van der Waals surface area contributed by atoms with Gasteiger partial charge in [-0.2, -0.15) is 0 Å². The first kappa shape index (κ1) is 20.4. The maximum atomic E-state index is 13.6. The molecule has 1 aliphatic carbocycles. The normalized spacial score (nSPS) is 28.8. The maximum absolute atomic E-state index is 13.6. The van der Waals surface area contributed by atoms with E-state index < -0.39 is 5.41 Å². The molecule has 2 amide bonds. The average Bonchev–Trinajstić information content (AvgIpc) is 3.33. The van der Waals surface area contributed by atoms with Crippen LogP contribution in [0.25, 0.3) is 0 Å². The van der Waals surface area contributed by atoms with Crippen molar-refractivity contribution >= 4 is 11.8 Å². The summed E-state index contributed by atoms with van der Waals surface area (Å²) in [4.78, 5) is 29.2. The van der Waals surface area contributed by atoms with Gasteiger partial charge in [0.15, 0.2) is 0 Å². The molecule has 3 aliphatic rings. The first-order chi connectivity index (χ1) is 13.9. The zero-order chi connectivity index (χ0) is 20.8. The highest BCUT2D eigenvalue weighted by Gasteiger charge is 2.61. The van der Waals surface area contributed by atoms with Gasteiger partial charge in [-0.25, -0.2) is 0 Å². The zero-order valence-corrected chi connectivity index (χ0v) is 18.3. The van der Waals surface area contributed by atoms with Gasteiger partial charge in [-0.05, 0) is 70.6 Å². The van der Waals surface area contributed by atoms with Crippen LogP contribution >= 0.6 is 0 Å². The highest BCUT2D eigenvalue weighted by molar-refractivity contribution is 5.98. The number of hydrogen-bond acceptors (Lipinski definition) is 4. The number of aromatic nitrogens is 1.